The quantitative estimate of drug-likeness (QED) is 0.794. The van der Waals surface area contributed by atoms with Gasteiger partial charge in [0.25, 0.3) is 0 Å². The molecule has 2 heterocycles. The van der Waals surface area contributed by atoms with Gasteiger partial charge in [-0.05, 0) is 23.3 Å². The maximum atomic E-state index is 12.9. The molecule has 76 valence electrons. The van der Waals surface area contributed by atoms with E-state index in [0.29, 0.717) is 5.56 Å². The van der Waals surface area contributed by atoms with E-state index in [1.165, 1.54) is 12.3 Å². The van der Waals surface area contributed by atoms with Gasteiger partial charge < -0.3 is 5.73 Å². The van der Waals surface area contributed by atoms with Gasteiger partial charge in [-0.1, -0.05) is 0 Å². The minimum absolute atomic E-state index is 0.398. The fourth-order valence-electron chi connectivity index (χ4n) is 1.28. The van der Waals surface area contributed by atoms with Crippen molar-refractivity contribution >= 4 is 0 Å². The molecule has 2 aromatic heterocycles. The van der Waals surface area contributed by atoms with Crippen LogP contribution in [0.15, 0.2) is 36.9 Å². The molecule has 0 spiro atoms. The third kappa shape index (κ3) is 2.13. The van der Waals surface area contributed by atoms with E-state index < -0.39 is 11.9 Å². The van der Waals surface area contributed by atoms with E-state index in [1.54, 1.807) is 18.5 Å². The summed E-state index contributed by atoms with van der Waals surface area (Å²) in [5.74, 6) is -0.398. The van der Waals surface area contributed by atoms with Crippen molar-refractivity contribution in [2.75, 3.05) is 0 Å². The molecule has 0 saturated heterocycles. The van der Waals surface area contributed by atoms with Crippen LogP contribution < -0.4 is 5.73 Å². The topological polar surface area (TPSA) is 64.7 Å². The smallest absolute Gasteiger partial charge is 0.141 e. The highest BCUT2D eigenvalue weighted by molar-refractivity contribution is 5.26. The van der Waals surface area contributed by atoms with Crippen LogP contribution in [0.25, 0.3) is 0 Å². The summed E-state index contributed by atoms with van der Waals surface area (Å²) in [5, 5.41) is 7.35. The van der Waals surface area contributed by atoms with Crippen molar-refractivity contribution in [1.29, 1.82) is 0 Å². The SMILES string of the molecule is NC(c1ccnnc1)c1cncc(F)c1. The molecule has 0 aliphatic carbocycles. The van der Waals surface area contributed by atoms with Crippen molar-refractivity contribution in [3.05, 3.63) is 53.9 Å². The summed E-state index contributed by atoms with van der Waals surface area (Å²) >= 11 is 0. The maximum Gasteiger partial charge on any atom is 0.141 e. The number of hydrogen-bond donors (Lipinski definition) is 1. The lowest BCUT2D eigenvalue weighted by Gasteiger charge is -2.10. The van der Waals surface area contributed by atoms with Gasteiger partial charge in [-0.3, -0.25) is 4.98 Å². The highest BCUT2D eigenvalue weighted by Crippen LogP contribution is 2.17. The van der Waals surface area contributed by atoms with Crippen LogP contribution in [0.2, 0.25) is 0 Å². The van der Waals surface area contributed by atoms with Crippen LogP contribution in [0.5, 0.6) is 0 Å². The zero-order valence-corrected chi connectivity index (χ0v) is 7.84. The van der Waals surface area contributed by atoms with Gasteiger partial charge in [0.2, 0.25) is 0 Å². The highest BCUT2D eigenvalue weighted by atomic mass is 19.1. The molecule has 4 nitrogen and oxygen atoms in total. The summed E-state index contributed by atoms with van der Waals surface area (Å²) in [5.41, 5.74) is 7.30. The second-order valence-corrected chi connectivity index (χ2v) is 3.09. The van der Waals surface area contributed by atoms with Crippen molar-refractivity contribution in [2.45, 2.75) is 6.04 Å². The van der Waals surface area contributed by atoms with Crippen molar-refractivity contribution in [3.63, 3.8) is 0 Å². The summed E-state index contributed by atoms with van der Waals surface area (Å²) in [7, 11) is 0. The van der Waals surface area contributed by atoms with Crippen LogP contribution >= 0.6 is 0 Å². The zero-order valence-electron chi connectivity index (χ0n) is 7.84. The molecular weight excluding hydrogens is 195 g/mol. The second kappa shape index (κ2) is 4.10. The van der Waals surface area contributed by atoms with Crippen LogP contribution in [0.3, 0.4) is 0 Å². The molecule has 1 atom stereocenters. The van der Waals surface area contributed by atoms with Gasteiger partial charge in [-0.25, -0.2) is 4.39 Å². The summed E-state index contributed by atoms with van der Waals surface area (Å²) in [6, 6.07) is 2.67. The van der Waals surface area contributed by atoms with E-state index in [4.69, 9.17) is 5.73 Å². The van der Waals surface area contributed by atoms with Crippen molar-refractivity contribution in [3.8, 4) is 0 Å². The van der Waals surface area contributed by atoms with E-state index in [0.717, 1.165) is 11.8 Å². The lowest BCUT2D eigenvalue weighted by Crippen LogP contribution is -2.12. The van der Waals surface area contributed by atoms with Gasteiger partial charge in [0, 0.05) is 12.4 Å². The molecule has 0 aromatic carbocycles. The molecule has 2 N–H and O–H groups in total. The first-order valence-corrected chi connectivity index (χ1v) is 4.40. The minimum atomic E-state index is -0.427. The molecule has 0 saturated carbocycles. The molecule has 1 unspecified atom stereocenters. The van der Waals surface area contributed by atoms with Crippen LogP contribution in [0, 0.1) is 5.82 Å². The average Bonchev–Trinajstić information content (AvgIpc) is 2.29. The van der Waals surface area contributed by atoms with E-state index in [9.17, 15) is 4.39 Å². The summed E-state index contributed by atoms with van der Waals surface area (Å²) in [4.78, 5) is 3.74. The Labute approximate surface area is 86.0 Å². The van der Waals surface area contributed by atoms with Crippen LogP contribution in [-0.2, 0) is 0 Å². The van der Waals surface area contributed by atoms with Gasteiger partial charge in [0.15, 0.2) is 0 Å². The Morgan fingerprint density at radius 2 is 2.00 bits per heavy atom. The number of hydrogen-bond acceptors (Lipinski definition) is 4. The highest BCUT2D eigenvalue weighted by Gasteiger charge is 2.09. The van der Waals surface area contributed by atoms with E-state index in [1.807, 2.05) is 0 Å². The fraction of sp³-hybridized carbons (Fsp3) is 0.100. The Kier molecular flexibility index (Phi) is 2.64. The lowest BCUT2D eigenvalue weighted by atomic mass is 10.0. The van der Waals surface area contributed by atoms with Crippen molar-refractivity contribution in [1.82, 2.24) is 15.2 Å². The summed E-state index contributed by atoms with van der Waals surface area (Å²) in [6.45, 7) is 0. The maximum absolute atomic E-state index is 12.9. The van der Waals surface area contributed by atoms with Crippen molar-refractivity contribution in [2.24, 2.45) is 5.73 Å². The molecule has 0 aliphatic rings. The monoisotopic (exact) mass is 204 g/mol. The Bertz CT molecular complexity index is 446. The third-order valence-corrected chi connectivity index (χ3v) is 2.05. The van der Waals surface area contributed by atoms with Crippen LogP contribution in [0.4, 0.5) is 4.39 Å². The first-order chi connectivity index (χ1) is 7.27. The predicted molar refractivity (Wildman–Crippen MR) is 52.3 cm³/mol. The third-order valence-electron chi connectivity index (χ3n) is 2.05. The molecule has 15 heavy (non-hydrogen) atoms. The predicted octanol–water partition coefficient (Wildman–Crippen LogP) is 1.06. The van der Waals surface area contributed by atoms with E-state index in [2.05, 4.69) is 15.2 Å². The number of halogens is 1. The van der Waals surface area contributed by atoms with Crippen molar-refractivity contribution < 1.29 is 4.39 Å². The molecule has 0 aliphatic heterocycles. The lowest BCUT2D eigenvalue weighted by molar-refractivity contribution is 0.616. The van der Waals surface area contributed by atoms with Gasteiger partial charge in [0.1, 0.15) is 5.82 Å². The number of pyridine rings is 1. The van der Waals surface area contributed by atoms with E-state index >= 15 is 0 Å². The first-order valence-electron chi connectivity index (χ1n) is 4.40. The molecule has 2 rings (SSSR count). The first kappa shape index (κ1) is 9.67. The largest absolute Gasteiger partial charge is 0.320 e. The average molecular weight is 204 g/mol. The number of nitrogens with two attached hydrogens (primary N) is 1. The number of nitrogens with zero attached hydrogens (tertiary/aromatic N) is 3. The molecule has 0 amide bonds. The normalized spacial score (nSPS) is 12.4. The van der Waals surface area contributed by atoms with Gasteiger partial charge in [0.05, 0.1) is 18.4 Å². The van der Waals surface area contributed by atoms with E-state index in [-0.39, 0.29) is 0 Å². The summed E-state index contributed by atoms with van der Waals surface area (Å²) < 4.78 is 12.9. The fourth-order valence-corrected chi connectivity index (χ4v) is 1.28. The Morgan fingerprint density at radius 1 is 1.13 bits per heavy atom. The molecule has 2 aromatic rings. The minimum Gasteiger partial charge on any atom is -0.320 e. The Balaban J connectivity index is 2.32. The van der Waals surface area contributed by atoms with Gasteiger partial charge >= 0.3 is 0 Å². The molecule has 0 fully saturated rings. The molecule has 0 bridgehead atoms. The molecular formula is C10H9FN4. The Hall–Kier alpha value is -1.88. The van der Waals surface area contributed by atoms with Gasteiger partial charge in [-0.2, -0.15) is 10.2 Å². The number of rotatable bonds is 2. The van der Waals surface area contributed by atoms with Gasteiger partial charge in [-0.15, -0.1) is 0 Å². The van der Waals surface area contributed by atoms with Crippen LogP contribution in [0.1, 0.15) is 17.2 Å². The Morgan fingerprint density at radius 3 is 2.67 bits per heavy atom. The standard InChI is InChI=1S/C10H9FN4/c11-9-3-8(4-13-6-9)10(12)7-1-2-14-15-5-7/h1-6,10H,12H2. The molecule has 0 radical (unpaired) electrons. The zero-order chi connectivity index (χ0) is 10.7. The molecule has 5 heteroatoms. The summed E-state index contributed by atoms with van der Waals surface area (Å²) in [6.07, 6.45) is 5.77. The second-order valence-electron chi connectivity index (χ2n) is 3.09. The van der Waals surface area contributed by atoms with Crippen LogP contribution in [-0.4, -0.2) is 15.2 Å². The number of aromatic nitrogens is 3.